The van der Waals surface area contributed by atoms with Crippen LogP contribution in [0.15, 0.2) is 47.6 Å². The van der Waals surface area contributed by atoms with E-state index in [1.807, 2.05) is 43.4 Å². The molecule has 112 valence electrons. The van der Waals surface area contributed by atoms with Crippen LogP contribution in [0.25, 0.3) is 0 Å². The minimum absolute atomic E-state index is 0.0619. The summed E-state index contributed by atoms with van der Waals surface area (Å²) in [5, 5.41) is 7.57. The second-order valence-electron chi connectivity index (χ2n) is 5.15. The van der Waals surface area contributed by atoms with E-state index in [1.165, 1.54) is 4.90 Å². The van der Waals surface area contributed by atoms with Crippen molar-refractivity contribution in [1.29, 1.82) is 0 Å². The highest BCUT2D eigenvalue weighted by Gasteiger charge is 2.43. The molecule has 0 bridgehead atoms. The molecule has 2 amide bonds. The molecule has 1 N–H and O–H groups in total. The predicted molar refractivity (Wildman–Crippen MR) is 81.2 cm³/mol. The number of hydrogen-bond donors (Lipinski definition) is 1. The van der Waals surface area contributed by atoms with Crippen LogP contribution in [0, 0.1) is 11.8 Å². The van der Waals surface area contributed by atoms with Gasteiger partial charge in [0.1, 0.15) is 0 Å². The number of likely N-dealkylation sites (tertiary alicyclic amines) is 1. The Morgan fingerprint density at radius 2 is 1.52 bits per heavy atom. The molecule has 3 rings (SSSR count). The molecule has 0 aromatic rings. The molecule has 1 heterocycles. The van der Waals surface area contributed by atoms with Gasteiger partial charge in [0.25, 0.3) is 11.8 Å². The van der Waals surface area contributed by atoms with Crippen LogP contribution >= 0.6 is 0 Å². The van der Waals surface area contributed by atoms with Crippen LogP contribution in [-0.4, -0.2) is 35.0 Å². The van der Waals surface area contributed by atoms with Crippen LogP contribution in [0.1, 0.15) is 20.3 Å². The maximum atomic E-state index is 12.3. The maximum absolute atomic E-state index is 12.3. The zero-order valence-electron chi connectivity index (χ0n) is 12.5. The van der Waals surface area contributed by atoms with Gasteiger partial charge in [-0.1, -0.05) is 43.4 Å². The smallest absolute Gasteiger partial charge is 0.257 e. The summed E-state index contributed by atoms with van der Waals surface area (Å²) in [4.78, 5) is 26.1. The summed E-state index contributed by atoms with van der Waals surface area (Å²) < 4.78 is 0. The predicted octanol–water partition coefficient (Wildman–Crippen LogP) is 1.99. The van der Waals surface area contributed by atoms with Gasteiger partial charge in [-0.15, -0.1) is 0 Å². The Kier molecular flexibility index (Phi) is 4.91. The van der Waals surface area contributed by atoms with Crippen LogP contribution in [-0.2, 0) is 9.59 Å². The quantitative estimate of drug-likeness (QED) is 0.790. The Morgan fingerprint density at radius 3 is 1.95 bits per heavy atom. The van der Waals surface area contributed by atoms with Crippen LogP contribution < -0.4 is 0 Å². The standard InChI is InChI=1S/C15H15NO2.C2H6O/c1-2-9-16-14(17)11-7-3-5-10-6-4-8-12(13(10)11)15(16)18;1-2-3/h3-8,10,13H,2,9H2,1H3;3H,2H2,1H3. The third-order valence-corrected chi connectivity index (χ3v) is 3.70. The monoisotopic (exact) mass is 287 g/mol. The maximum Gasteiger partial charge on any atom is 0.257 e. The lowest BCUT2D eigenvalue weighted by molar-refractivity contribution is -0.142. The van der Waals surface area contributed by atoms with E-state index in [-0.39, 0.29) is 30.3 Å². The topological polar surface area (TPSA) is 57.6 Å². The highest BCUT2D eigenvalue weighted by Crippen LogP contribution is 2.40. The molecule has 1 fully saturated rings. The minimum atomic E-state index is -0.117. The van der Waals surface area contributed by atoms with Crippen LogP contribution in [0.5, 0.6) is 0 Å². The van der Waals surface area contributed by atoms with Crippen molar-refractivity contribution in [1.82, 2.24) is 4.90 Å². The Bertz CT molecular complexity index is 510. The largest absolute Gasteiger partial charge is 0.397 e. The average molecular weight is 287 g/mol. The fraction of sp³-hybridized carbons (Fsp3) is 0.412. The molecule has 4 nitrogen and oxygen atoms in total. The van der Waals surface area contributed by atoms with Crippen molar-refractivity contribution in [2.75, 3.05) is 13.2 Å². The van der Waals surface area contributed by atoms with Gasteiger partial charge >= 0.3 is 0 Å². The second kappa shape index (κ2) is 6.68. The van der Waals surface area contributed by atoms with E-state index in [0.717, 1.165) is 17.6 Å². The highest BCUT2D eigenvalue weighted by atomic mass is 16.2. The Hall–Kier alpha value is -1.94. The Morgan fingerprint density at radius 1 is 1.05 bits per heavy atom. The molecule has 21 heavy (non-hydrogen) atoms. The van der Waals surface area contributed by atoms with Crippen molar-refractivity contribution >= 4 is 11.8 Å². The van der Waals surface area contributed by atoms with E-state index in [2.05, 4.69) is 0 Å². The molecule has 1 aliphatic heterocycles. The number of carbonyl (C=O) groups excluding carboxylic acids is 2. The highest BCUT2D eigenvalue weighted by molar-refractivity contribution is 6.15. The number of aliphatic hydroxyl groups excluding tert-OH is 1. The van der Waals surface area contributed by atoms with Crippen molar-refractivity contribution < 1.29 is 14.7 Å². The molecule has 0 aromatic carbocycles. The van der Waals surface area contributed by atoms with Gasteiger partial charge in [-0.05, 0) is 13.3 Å². The Labute approximate surface area is 125 Å². The van der Waals surface area contributed by atoms with E-state index in [1.54, 1.807) is 6.92 Å². The molecule has 1 saturated heterocycles. The van der Waals surface area contributed by atoms with E-state index in [0.29, 0.717) is 6.54 Å². The summed E-state index contributed by atoms with van der Waals surface area (Å²) in [6.45, 7) is 4.40. The van der Waals surface area contributed by atoms with Gasteiger partial charge in [0.2, 0.25) is 0 Å². The molecule has 2 aliphatic carbocycles. The number of imide groups is 1. The van der Waals surface area contributed by atoms with Gasteiger partial charge < -0.3 is 5.11 Å². The lowest BCUT2D eigenvalue weighted by Gasteiger charge is -2.38. The van der Waals surface area contributed by atoms with Gasteiger partial charge in [-0.2, -0.15) is 0 Å². The summed E-state index contributed by atoms with van der Waals surface area (Å²) in [6.07, 6.45) is 12.4. The molecule has 0 saturated carbocycles. The van der Waals surface area contributed by atoms with E-state index in [9.17, 15) is 9.59 Å². The molecule has 0 aromatic heterocycles. The van der Waals surface area contributed by atoms with Crippen molar-refractivity contribution in [3.63, 3.8) is 0 Å². The van der Waals surface area contributed by atoms with Gasteiger partial charge in [0.15, 0.2) is 0 Å². The third kappa shape index (κ3) is 2.76. The molecule has 3 aliphatic rings. The molecule has 0 unspecified atom stereocenters. The number of rotatable bonds is 2. The first-order valence-electron chi connectivity index (χ1n) is 7.39. The van der Waals surface area contributed by atoms with Crippen molar-refractivity contribution in [2.45, 2.75) is 20.3 Å². The molecule has 0 atom stereocenters. The zero-order valence-corrected chi connectivity index (χ0v) is 12.5. The third-order valence-electron chi connectivity index (χ3n) is 3.70. The van der Waals surface area contributed by atoms with Gasteiger partial charge in [0, 0.05) is 36.1 Å². The number of carbonyl (C=O) groups is 2. The first-order chi connectivity index (χ1) is 10.2. The zero-order chi connectivity index (χ0) is 15.4. The molecule has 0 spiro atoms. The summed E-state index contributed by atoms with van der Waals surface area (Å²) >= 11 is 0. The Balaban J connectivity index is 0.000000497. The minimum Gasteiger partial charge on any atom is -0.397 e. The fourth-order valence-electron chi connectivity index (χ4n) is 2.89. The summed E-state index contributed by atoms with van der Waals surface area (Å²) in [7, 11) is 0. The summed E-state index contributed by atoms with van der Waals surface area (Å²) in [5.41, 5.74) is 1.51. The van der Waals surface area contributed by atoms with Gasteiger partial charge in [-0.3, -0.25) is 14.5 Å². The van der Waals surface area contributed by atoms with Crippen LogP contribution in [0.3, 0.4) is 0 Å². The number of aliphatic hydroxyl groups is 1. The summed E-state index contributed by atoms with van der Waals surface area (Å²) in [5.74, 6) is -0.142. The number of hydrogen-bond acceptors (Lipinski definition) is 3. The average Bonchev–Trinajstić information content (AvgIpc) is 2.50. The SMILES string of the molecule is CCCN1C(=O)C2=CC=CC3C=CC=C(C1=O)C23.CCO. The van der Waals surface area contributed by atoms with Crippen molar-refractivity contribution in [3.05, 3.63) is 47.6 Å². The molecular formula is C17H21NO3. The van der Waals surface area contributed by atoms with E-state index >= 15 is 0 Å². The molecule has 4 heteroatoms. The van der Waals surface area contributed by atoms with E-state index < -0.39 is 0 Å². The number of allylic oxidation sites excluding steroid dienone is 6. The molecular weight excluding hydrogens is 266 g/mol. The van der Waals surface area contributed by atoms with Crippen molar-refractivity contribution in [3.8, 4) is 0 Å². The van der Waals surface area contributed by atoms with Crippen LogP contribution in [0.2, 0.25) is 0 Å². The first-order valence-corrected chi connectivity index (χ1v) is 7.39. The lowest BCUT2D eigenvalue weighted by Crippen LogP contribution is -2.49. The van der Waals surface area contributed by atoms with Crippen molar-refractivity contribution in [2.24, 2.45) is 11.8 Å². The fourth-order valence-corrected chi connectivity index (χ4v) is 2.89. The first kappa shape index (κ1) is 15.4. The summed E-state index contributed by atoms with van der Waals surface area (Å²) in [6, 6.07) is 0. The van der Waals surface area contributed by atoms with Gasteiger partial charge in [0.05, 0.1) is 0 Å². The number of nitrogens with zero attached hydrogens (tertiary/aromatic N) is 1. The van der Waals surface area contributed by atoms with E-state index in [4.69, 9.17) is 5.11 Å². The number of amides is 2. The normalized spacial score (nSPS) is 25.8. The van der Waals surface area contributed by atoms with Gasteiger partial charge in [-0.25, -0.2) is 0 Å². The van der Waals surface area contributed by atoms with Crippen LogP contribution in [0.4, 0.5) is 0 Å². The molecule has 0 radical (unpaired) electrons. The number of piperidine rings is 1. The second-order valence-corrected chi connectivity index (χ2v) is 5.15. The lowest BCUT2D eigenvalue weighted by atomic mass is 9.72.